The van der Waals surface area contributed by atoms with E-state index in [0.717, 1.165) is 21.8 Å². The lowest BCUT2D eigenvalue weighted by Crippen LogP contribution is -2.22. The first-order chi connectivity index (χ1) is 8.34. The number of fused-ring (bicyclic) bond motifs is 1. The molecule has 3 rings (SSSR count). The minimum atomic E-state index is -0.966. The molecule has 1 nitrogen and oxygen atoms in total. The summed E-state index contributed by atoms with van der Waals surface area (Å²) < 4.78 is 12.1. The molecule has 84 valence electrons. The Morgan fingerprint density at radius 3 is 2.41 bits per heavy atom. The van der Waals surface area contributed by atoms with Crippen molar-refractivity contribution in [2.45, 2.75) is 6.42 Å². The first-order valence-corrected chi connectivity index (χ1v) is 6.80. The van der Waals surface area contributed by atoms with E-state index in [1.165, 1.54) is 5.56 Å². The normalized spacial score (nSPS) is 17.6. The molecular formula is C15H12OS. The highest BCUT2D eigenvalue weighted by molar-refractivity contribution is 8.01. The van der Waals surface area contributed by atoms with Crippen LogP contribution in [0.25, 0.3) is 10.3 Å². The molecule has 0 bridgehead atoms. The molecule has 0 aromatic heterocycles. The standard InChI is InChI=1S/C15H12OS/c16-17-11-13-8-4-5-9-14(13)15(17)10-12-6-2-1-3-7-12/h1-9,11H,10H2. The fourth-order valence-electron chi connectivity index (χ4n) is 2.10. The molecule has 0 amide bonds. The van der Waals surface area contributed by atoms with Gasteiger partial charge in [0.15, 0.2) is 0 Å². The Labute approximate surface area is 103 Å². The van der Waals surface area contributed by atoms with Gasteiger partial charge in [-0.05, 0) is 16.0 Å². The fourth-order valence-corrected chi connectivity index (χ4v) is 3.39. The Morgan fingerprint density at radius 1 is 0.882 bits per heavy atom. The van der Waals surface area contributed by atoms with Crippen LogP contribution in [-0.4, -0.2) is 4.21 Å². The Bertz CT molecular complexity index is 686. The Morgan fingerprint density at radius 2 is 1.59 bits per heavy atom. The average Bonchev–Trinajstić information content (AvgIpc) is 2.68. The van der Waals surface area contributed by atoms with Crippen LogP contribution in [0.2, 0.25) is 0 Å². The molecule has 1 atom stereocenters. The minimum Gasteiger partial charge on any atom is -0.250 e. The largest absolute Gasteiger partial charge is 0.250 e. The Hall–Kier alpha value is -1.67. The molecule has 0 fully saturated rings. The molecule has 0 spiro atoms. The predicted molar refractivity (Wildman–Crippen MR) is 71.9 cm³/mol. The highest BCUT2D eigenvalue weighted by Gasteiger charge is 2.12. The molecule has 2 aromatic rings. The molecule has 1 unspecified atom stereocenters. The molecular weight excluding hydrogens is 228 g/mol. The van der Waals surface area contributed by atoms with Gasteiger partial charge in [-0.3, -0.25) is 0 Å². The molecule has 1 heterocycles. The molecule has 2 heteroatoms. The fraction of sp³-hybridized carbons (Fsp3) is 0.0667. The molecule has 17 heavy (non-hydrogen) atoms. The SMILES string of the molecule is O=S1C=c2ccccc2=C1Cc1ccccc1. The van der Waals surface area contributed by atoms with Gasteiger partial charge in [0.05, 0.1) is 10.8 Å². The monoisotopic (exact) mass is 240 g/mol. The first kappa shape index (κ1) is 10.5. The quantitative estimate of drug-likeness (QED) is 0.778. The van der Waals surface area contributed by atoms with Gasteiger partial charge in [-0.2, -0.15) is 0 Å². The topological polar surface area (TPSA) is 17.1 Å². The third kappa shape index (κ3) is 1.96. The highest BCUT2D eigenvalue weighted by Crippen LogP contribution is 2.14. The van der Waals surface area contributed by atoms with Crippen molar-refractivity contribution in [3.8, 4) is 0 Å². The molecule has 0 aliphatic carbocycles. The van der Waals surface area contributed by atoms with Crippen molar-refractivity contribution >= 4 is 21.1 Å². The summed E-state index contributed by atoms with van der Waals surface area (Å²) in [6.07, 6.45) is 0.765. The van der Waals surface area contributed by atoms with Crippen LogP contribution in [-0.2, 0) is 17.2 Å². The second kappa shape index (κ2) is 4.30. The van der Waals surface area contributed by atoms with Crippen molar-refractivity contribution < 1.29 is 4.21 Å². The van der Waals surface area contributed by atoms with E-state index in [2.05, 4.69) is 18.2 Å². The van der Waals surface area contributed by atoms with Crippen LogP contribution in [0.3, 0.4) is 0 Å². The maximum Gasteiger partial charge on any atom is 0.0750 e. The van der Waals surface area contributed by atoms with E-state index in [0.29, 0.717) is 0 Å². The van der Waals surface area contributed by atoms with E-state index < -0.39 is 10.8 Å². The van der Waals surface area contributed by atoms with Gasteiger partial charge in [-0.1, -0.05) is 54.6 Å². The van der Waals surface area contributed by atoms with Gasteiger partial charge in [0, 0.05) is 16.7 Å². The Kier molecular flexibility index (Phi) is 2.65. The maximum absolute atomic E-state index is 12.1. The molecule has 1 aliphatic heterocycles. The second-order valence-electron chi connectivity index (χ2n) is 4.09. The lowest BCUT2D eigenvalue weighted by Gasteiger charge is -2.01. The van der Waals surface area contributed by atoms with Crippen molar-refractivity contribution in [3.63, 3.8) is 0 Å². The lowest BCUT2D eigenvalue weighted by molar-refractivity contribution is 0.694. The molecule has 0 saturated heterocycles. The minimum absolute atomic E-state index is 0.765. The van der Waals surface area contributed by atoms with E-state index in [1.54, 1.807) is 0 Å². The van der Waals surface area contributed by atoms with Crippen LogP contribution < -0.4 is 10.4 Å². The molecule has 1 aliphatic rings. The van der Waals surface area contributed by atoms with Crippen LogP contribution in [0.4, 0.5) is 0 Å². The highest BCUT2D eigenvalue weighted by atomic mass is 32.2. The van der Waals surface area contributed by atoms with Crippen LogP contribution in [0, 0.1) is 0 Å². The number of hydrogen-bond acceptors (Lipinski definition) is 1. The van der Waals surface area contributed by atoms with Crippen molar-refractivity contribution in [2.75, 3.05) is 0 Å². The zero-order valence-electron chi connectivity index (χ0n) is 9.30. The van der Waals surface area contributed by atoms with Crippen molar-refractivity contribution in [1.82, 2.24) is 0 Å². The molecule has 2 aromatic carbocycles. The predicted octanol–water partition coefficient (Wildman–Crippen LogP) is 1.54. The number of benzene rings is 2. The van der Waals surface area contributed by atoms with Crippen molar-refractivity contribution in [1.29, 1.82) is 0 Å². The third-order valence-electron chi connectivity index (χ3n) is 2.95. The van der Waals surface area contributed by atoms with Gasteiger partial charge >= 0.3 is 0 Å². The summed E-state index contributed by atoms with van der Waals surface area (Å²) in [6, 6.07) is 18.2. The van der Waals surface area contributed by atoms with Crippen LogP contribution >= 0.6 is 0 Å². The molecule has 0 saturated carbocycles. The van der Waals surface area contributed by atoms with E-state index in [9.17, 15) is 4.21 Å². The first-order valence-electron chi connectivity index (χ1n) is 5.59. The zero-order valence-corrected chi connectivity index (χ0v) is 10.1. The van der Waals surface area contributed by atoms with Gasteiger partial charge in [0.25, 0.3) is 0 Å². The smallest absolute Gasteiger partial charge is 0.0750 e. The molecule has 0 N–H and O–H groups in total. The summed E-state index contributed by atoms with van der Waals surface area (Å²) in [5.41, 5.74) is 1.21. The van der Waals surface area contributed by atoms with Crippen LogP contribution in [0.15, 0.2) is 54.6 Å². The summed E-state index contributed by atoms with van der Waals surface area (Å²) in [6.45, 7) is 0. The van der Waals surface area contributed by atoms with Gasteiger partial charge in [0.1, 0.15) is 0 Å². The van der Waals surface area contributed by atoms with E-state index in [-0.39, 0.29) is 0 Å². The molecule has 0 radical (unpaired) electrons. The number of hydrogen-bond donors (Lipinski definition) is 0. The number of rotatable bonds is 2. The summed E-state index contributed by atoms with van der Waals surface area (Å²) in [5.74, 6) is 0. The van der Waals surface area contributed by atoms with Crippen molar-refractivity contribution in [3.05, 3.63) is 70.6 Å². The van der Waals surface area contributed by atoms with Gasteiger partial charge in [0.2, 0.25) is 0 Å². The zero-order chi connectivity index (χ0) is 11.7. The second-order valence-corrected chi connectivity index (χ2v) is 5.41. The van der Waals surface area contributed by atoms with Gasteiger partial charge < -0.3 is 0 Å². The van der Waals surface area contributed by atoms with E-state index in [1.807, 2.05) is 41.8 Å². The third-order valence-corrected chi connectivity index (χ3v) is 4.26. The van der Waals surface area contributed by atoms with E-state index >= 15 is 0 Å². The average molecular weight is 240 g/mol. The summed E-state index contributed by atoms with van der Waals surface area (Å²) in [5, 5.41) is 4.07. The van der Waals surface area contributed by atoms with E-state index in [4.69, 9.17) is 0 Å². The summed E-state index contributed by atoms with van der Waals surface area (Å²) in [7, 11) is -0.966. The maximum atomic E-state index is 12.1. The van der Waals surface area contributed by atoms with Crippen LogP contribution in [0.1, 0.15) is 5.56 Å². The summed E-state index contributed by atoms with van der Waals surface area (Å²) in [4.78, 5) is 1.02. The van der Waals surface area contributed by atoms with Gasteiger partial charge in [-0.15, -0.1) is 0 Å². The lowest BCUT2D eigenvalue weighted by atomic mass is 10.1. The van der Waals surface area contributed by atoms with Gasteiger partial charge in [-0.25, -0.2) is 4.21 Å². The van der Waals surface area contributed by atoms with Crippen molar-refractivity contribution in [2.24, 2.45) is 0 Å². The Balaban J connectivity index is 2.11. The van der Waals surface area contributed by atoms with Crippen LogP contribution in [0.5, 0.6) is 0 Å². The summed E-state index contributed by atoms with van der Waals surface area (Å²) >= 11 is 0.